The van der Waals surface area contributed by atoms with Gasteiger partial charge in [-0.2, -0.15) is 0 Å². The molecular formula is C15H15N3O4. The fraction of sp³-hybridized carbons (Fsp3) is 0.200. The van der Waals surface area contributed by atoms with Crippen LogP contribution in [0.15, 0.2) is 42.1 Å². The lowest BCUT2D eigenvalue weighted by Gasteiger charge is -2.08. The molecule has 0 aromatic heterocycles. The monoisotopic (exact) mass is 301 g/mol. The van der Waals surface area contributed by atoms with Crippen molar-refractivity contribution < 1.29 is 14.5 Å². The van der Waals surface area contributed by atoms with Crippen LogP contribution in [-0.4, -0.2) is 28.3 Å². The summed E-state index contributed by atoms with van der Waals surface area (Å²) in [7, 11) is 0. The minimum absolute atomic E-state index is 0.0217. The molecule has 2 rings (SSSR count). The van der Waals surface area contributed by atoms with Gasteiger partial charge in [0.1, 0.15) is 5.70 Å². The molecule has 1 saturated heterocycles. The fourth-order valence-corrected chi connectivity index (χ4v) is 2.06. The number of amides is 3. The maximum absolute atomic E-state index is 12.0. The van der Waals surface area contributed by atoms with Gasteiger partial charge in [-0.15, -0.1) is 0 Å². The topological polar surface area (TPSA) is 92.6 Å². The molecule has 0 bridgehead atoms. The minimum atomic E-state index is -0.474. The predicted octanol–water partition coefficient (Wildman–Crippen LogP) is 2.45. The van der Waals surface area contributed by atoms with Crippen molar-refractivity contribution in [2.45, 2.75) is 13.3 Å². The van der Waals surface area contributed by atoms with E-state index in [1.165, 1.54) is 24.3 Å². The zero-order valence-corrected chi connectivity index (χ0v) is 12.0. The molecule has 0 unspecified atom stereocenters. The first kappa shape index (κ1) is 15.4. The number of hydrogen-bond acceptors (Lipinski definition) is 4. The van der Waals surface area contributed by atoms with E-state index in [2.05, 4.69) is 5.32 Å². The molecular weight excluding hydrogens is 286 g/mol. The van der Waals surface area contributed by atoms with E-state index in [9.17, 15) is 19.7 Å². The number of hydrogen-bond donors (Lipinski definition) is 1. The van der Waals surface area contributed by atoms with Gasteiger partial charge in [0.05, 0.1) is 10.5 Å². The molecule has 1 aromatic carbocycles. The van der Waals surface area contributed by atoms with Gasteiger partial charge in [-0.25, -0.2) is 4.79 Å². The standard InChI is InChI=1S/C15H15N3O4/c1-2-10-17-14(19)12(16-15(17)20)8-5-7-11-6-3-4-9-13(11)18(21)22/h3-9H,2,10H2,1H3,(H,16,20)/b7-5+,12-8+. The van der Waals surface area contributed by atoms with Crippen LogP contribution < -0.4 is 5.32 Å². The maximum Gasteiger partial charge on any atom is 0.329 e. The molecule has 22 heavy (non-hydrogen) atoms. The lowest BCUT2D eigenvalue weighted by Crippen LogP contribution is -2.31. The highest BCUT2D eigenvalue weighted by molar-refractivity contribution is 6.11. The number of carbonyl (C=O) groups excluding carboxylic acids is 2. The van der Waals surface area contributed by atoms with Crippen LogP contribution in [0.1, 0.15) is 18.9 Å². The Kier molecular flexibility index (Phi) is 4.67. The Hall–Kier alpha value is -2.96. The summed E-state index contributed by atoms with van der Waals surface area (Å²) in [5.41, 5.74) is 0.561. The minimum Gasteiger partial charge on any atom is -0.303 e. The van der Waals surface area contributed by atoms with Crippen LogP contribution in [0, 0.1) is 10.1 Å². The summed E-state index contributed by atoms with van der Waals surface area (Å²) in [5.74, 6) is -0.390. The predicted molar refractivity (Wildman–Crippen MR) is 80.7 cm³/mol. The fourth-order valence-electron chi connectivity index (χ4n) is 2.06. The number of nitro groups is 1. The highest BCUT2D eigenvalue weighted by Crippen LogP contribution is 2.19. The number of para-hydroxylation sites is 1. The Balaban J connectivity index is 2.17. The first-order valence-electron chi connectivity index (χ1n) is 6.79. The quantitative estimate of drug-likeness (QED) is 0.391. The van der Waals surface area contributed by atoms with E-state index < -0.39 is 11.0 Å². The summed E-state index contributed by atoms with van der Waals surface area (Å²) in [6, 6.07) is 5.82. The van der Waals surface area contributed by atoms with Crippen molar-refractivity contribution in [3.63, 3.8) is 0 Å². The van der Waals surface area contributed by atoms with Gasteiger partial charge in [0.15, 0.2) is 0 Å². The molecule has 0 spiro atoms. The molecule has 114 valence electrons. The Morgan fingerprint density at radius 1 is 1.32 bits per heavy atom. The molecule has 0 atom stereocenters. The van der Waals surface area contributed by atoms with Crippen LogP contribution in [0.5, 0.6) is 0 Å². The Morgan fingerprint density at radius 2 is 2.05 bits per heavy atom. The summed E-state index contributed by atoms with van der Waals surface area (Å²) in [6.07, 6.45) is 5.14. The number of nitro benzene ring substituents is 1. The van der Waals surface area contributed by atoms with Crippen molar-refractivity contribution >= 4 is 23.7 Å². The number of imide groups is 1. The number of carbonyl (C=O) groups is 2. The van der Waals surface area contributed by atoms with Crippen molar-refractivity contribution in [1.29, 1.82) is 0 Å². The largest absolute Gasteiger partial charge is 0.329 e. The van der Waals surface area contributed by atoms with Crippen molar-refractivity contribution in [2.24, 2.45) is 0 Å². The summed E-state index contributed by atoms with van der Waals surface area (Å²) >= 11 is 0. The summed E-state index contributed by atoms with van der Waals surface area (Å²) in [5, 5.41) is 13.4. The van der Waals surface area contributed by atoms with E-state index in [1.807, 2.05) is 6.92 Å². The highest BCUT2D eigenvalue weighted by Gasteiger charge is 2.32. The van der Waals surface area contributed by atoms with Crippen LogP contribution in [0.3, 0.4) is 0 Å². The number of nitrogens with one attached hydrogen (secondary N) is 1. The summed E-state index contributed by atoms with van der Waals surface area (Å²) in [4.78, 5) is 35.1. The third kappa shape index (κ3) is 3.20. The third-order valence-electron chi connectivity index (χ3n) is 3.08. The highest BCUT2D eigenvalue weighted by atomic mass is 16.6. The smallest absolute Gasteiger partial charge is 0.303 e. The molecule has 1 aliphatic heterocycles. The van der Waals surface area contributed by atoms with Gasteiger partial charge in [0.25, 0.3) is 11.6 Å². The van der Waals surface area contributed by atoms with E-state index in [0.717, 1.165) is 4.90 Å². The zero-order valence-electron chi connectivity index (χ0n) is 12.0. The second-order valence-corrected chi connectivity index (χ2v) is 4.64. The van der Waals surface area contributed by atoms with Gasteiger partial charge in [-0.1, -0.05) is 25.1 Å². The van der Waals surface area contributed by atoms with Crippen molar-refractivity contribution in [3.8, 4) is 0 Å². The number of benzene rings is 1. The van der Waals surface area contributed by atoms with Gasteiger partial charge in [0.2, 0.25) is 0 Å². The number of urea groups is 1. The molecule has 0 aliphatic carbocycles. The van der Waals surface area contributed by atoms with Gasteiger partial charge in [-0.05, 0) is 24.6 Å². The second kappa shape index (κ2) is 6.66. The van der Waals surface area contributed by atoms with Crippen LogP contribution in [-0.2, 0) is 4.79 Å². The number of rotatable bonds is 5. The van der Waals surface area contributed by atoms with Crippen LogP contribution in [0.25, 0.3) is 6.08 Å². The molecule has 0 saturated carbocycles. The average molecular weight is 301 g/mol. The molecule has 1 fully saturated rings. The zero-order chi connectivity index (χ0) is 16.1. The van der Waals surface area contributed by atoms with Gasteiger partial charge >= 0.3 is 6.03 Å². The van der Waals surface area contributed by atoms with Crippen LogP contribution in [0.2, 0.25) is 0 Å². The summed E-state index contributed by atoms with van der Waals surface area (Å²) in [6.45, 7) is 2.23. The molecule has 7 heteroatoms. The number of nitrogens with zero attached hydrogens (tertiary/aromatic N) is 2. The van der Waals surface area contributed by atoms with Crippen molar-refractivity contribution in [1.82, 2.24) is 10.2 Å². The molecule has 1 N–H and O–H groups in total. The van der Waals surface area contributed by atoms with E-state index in [1.54, 1.807) is 18.2 Å². The first-order chi connectivity index (χ1) is 10.5. The normalized spacial score (nSPS) is 16.6. The van der Waals surface area contributed by atoms with Gasteiger partial charge in [0, 0.05) is 12.6 Å². The Labute approximate surface area is 127 Å². The lowest BCUT2D eigenvalue weighted by atomic mass is 10.1. The van der Waals surface area contributed by atoms with E-state index >= 15 is 0 Å². The Morgan fingerprint density at radius 3 is 2.73 bits per heavy atom. The second-order valence-electron chi connectivity index (χ2n) is 4.64. The van der Waals surface area contributed by atoms with Crippen molar-refractivity contribution in [2.75, 3.05) is 6.54 Å². The van der Waals surface area contributed by atoms with E-state index in [-0.39, 0.29) is 17.3 Å². The first-order valence-corrected chi connectivity index (χ1v) is 6.79. The molecule has 3 amide bonds. The lowest BCUT2D eigenvalue weighted by molar-refractivity contribution is -0.385. The van der Waals surface area contributed by atoms with E-state index in [4.69, 9.17) is 0 Å². The summed E-state index contributed by atoms with van der Waals surface area (Å²) < 4.78 is 0. The molecule has 0 radical (unpaired) electrons. The molecule has 7 nitrogen and oxygen atoms in total. The van der Waals surface area contributed by atoms with Crippen LogP contribution >= 0.6 is 0 Å². The van der Waals surface area contributed by atoms with Gasteiger partial charge in [-0.3, -0.25) is 19.8 Å². The van der Waals surface area contributed by atoms with Crippen LogP contribution in [0.4, 0.5) is 10.5 Å². The Bertz CT molecular complexity index is 679. The maximum atomic E-state index is 12.0. The number of allylic oxidation sites excluding steroid dienone is 2. The molecule has 1 heterocycles. The average Bonchev–Trinajstić information content (AvgIpc) is 2.76. The van der Waals surface area contributed by atoms with Crippen molar-refractivity contribution in [3.05, 3.63) is 57.8 Å². The van der Waals surface area contributed by atoms with E-state index in [0.29, 0.717) is 18.5 Å². The third-order valence-corrected chi connectivity index (χ3v) is 3.08. The van der Waals surface area contributed by atoms with Gasteiger partial charge < -0.3 is 5.32 Å². The molecule has 1 aromatic rings. The SMILES string of the molecule is CCCN1C(=O)N/C(=C/C=C/c2ccccc2[N+](=O)[O-])C1=O. The molecule has 1 aliphatic rings.